The van der Waals surface area contributed by atoms with E-state index >= 15 is 0 Å². The van der Waals surface area contributed by atoms with E-state index in [-0.39, 0.29) is 22.1 Å². The largest absolute Gasteiger partial charge is 0.503 e. The number of amides is 1. The van der Waals surface area contributed by atoms with Crippen molar-refractivity contribution in [3.63, 3.8) is 0 Å². The molecule has 0 radical (unpaired) electrons. The molecule has 29 heavy (non-hydrogen) atoms. The molecule has 0 saturated carbocycles. The Balaban J connectivity index is 1.75. The van der Waals surface area contributed by atoms with Gasteiger partial charge >= 0.3 is 0 Å². The predicted octanol–water partition coefficient (Wildman–Crippen LogP) is 3.03. The molecule has 0 unspecified atom stereocenters. The average Bonchev–Trinajstić information content (AvgIpc) is 2.73. The summed E-state index contributed by atoms with van der Waals surface area (Å²) in [6.07, 6.45) is 2.89. The van der Waals surface area contributed by atoms with Gasteiger partial charge in [0.05, 0.1) is 24.9 Å². The minimum Gasteiger partial charge on any atom is -0.503 e. The summed E-state index contributed by atoms with van der Waals surface area (Å²) in [6.45, 7) is 0.352. The fourth-order valence-corrected chi connectivity index (χ4v) is 2.87. The number of carbonyl (C=O) groups excluding carboxylic acids is 1. The predicted molar refractivity (Wildman–Crippen MR) is 111 cm³/mol. The molecule has 0 aliphatic heterocycles. The SMILES string of the molecule is COc1ccc(/C=N\NC(=O)c2cccn(Cc3ccccc3)c2=O)c(Cl)c1O. The monoisotopic (exact) mass is 411 g/mol. The molecule has 2 aromatic carbocycles. The highest BCUT2D eigenvalue weighted by Gasteiger charge is 2.13. The van der Waals surface area contributed by atoms with Crippen LogP contribution >= 0.6 is 11.6 Å². The third-order valence-corrected chi connectivity index (χ3v) is 4.56. The van der Waals surface area contributed by atoms with Crippen molar-refractivity contribution in [2.75, 3.05) is 7.11 Å². The molecule has 3 rings (SSSR count). The van der Waals surface area contributed by atoms with Crippen LogP contribution in [0.15, 0.2) is 70.7 Å². The van der Waals surface area contributed by atoms with Crippen molar-refractivity contribution in [2.45, 2.75) is 6.54 Å². The number of aromatic hydroxyl groups is 1. The smallest absolute Gasteiger partial charge is 0.276 e. The summed E-state index contributed by atoms with van der Waals surface area (Å²) in [6, 6.07) is 15.6. The lowest BCUT2D eigenvalue weighted by molar-refractivity contribution is 0.0953. The van der Waals surface area contributed by atoms with Gasteiger partial charge in [-0.05, 0) is 29.8 Å². The number of nitrogens with one attached hydrogen (secondary N) is 1. The van der Waals surface area contributed by atoms with E-state index in [1.807, 2.05) is 30.3 Å². The Morgan fingerprint density at radius 1 is 1.21 bits per heavy atom. The van der Waals surface area contributed by atoms with Crippen LogP contribution in [0.1, 0.15) is 21.5 Å². The number of pyridine rings is 1. The first-order valence-corrected chi connectivity index (χ1v) is 9.01. The fraction of sp³-hybridized carbons (Fsp3) is 0.0952. The number of hydrazone groups is 1. The minimum atomic E-state index is -0.650. The van der Waals surface area contributed by atoms with Crippen molar-refractivity contribution in [2.24, 2.45) is 5.10 Å². The van der Waals surface area contributed by atoms with Crippen LogP contribution in [-0.2, 0) is 6.54 Å². The van der Waals surface area contributed by atoms with E-state index < -0.39 is 11.5 Å². The lowest BCUT2D eigenvalue weighted by Crippen LogP contribution is -2.30. The molecule has 0 bridgehead atoms. The summed E-state index contributed by atoms with van der Waals surface area (Å²) in [7, 11) is 1.41. The van der Waals surface area contributed by atoms with E-state index in [4.69, 9.17) is 16.3 Å². The van der Waals surface area contributed by atoms with Crippen LogP contribution < -0.4 is 15.7 Å². The van der Waals surface area contributed by atoms with E-state index in [0.29, 0.717) is 12.1 Å². The topological polar surface area (TPSA) is 92.9 Å². The quantitative estimate of drug-likeness (QED) is 0.481. The molecule has 2 N–H and O–H groups in total. The Hall–Kier alpha value is -3.58. The Kier molecular flexibility index (Phi) is 6.31. The van der Waals surface area contributed by atoms with Gasteiger partial charge in [-0.3, -0.25) is 9.59 Å². The van der Waals surface area contributed by atoms with Gasteiger partial charge in [-0.2, -0.15) is 5.10 Å². The van der Waals surface area contributed by atoms with Gasteiger partial charge in [0.15, 0.2) is 11.5 Å². The summed E-state index contributed by atoms with van der Waals surface area (Å²) in [5, 5.41) is 13.8. The van der Waals surface area contributed by atoms with Crippen molar-refractivity contribution in [3.8, 4) is 11.5 Å². The maximum Gasteiger partial charge on any atom is 0.276 e. The Morgan fingerprint density at radius 3 is 2.69 bits per heavy atom. The maximum atomic E-state index is 12.6. The third-order valence-electron chi connectivity index (χ3n) is 4.16. The van der Waals surface area contributed by atoms with E-state index in [1.54, 1.807) is 18.3 Å². The molecule has 8 heteroatoms. The number of rotatable bonds is 6. The molecule has 0 saturated heterocycles. The Morgan fingerprint density at radius 2 is 1.97 bits per heavy atom. The van der Waals surface area contributed by atoms with Gasteiger partial charge in [-0.15, -0.1) is 0 Å². The van der Waals surface area contributed by atoms with Gasteiger partial charge in [-0.25, -0.2) is 5.43 Å². The van der Waals surface area contributed by atoms with Gasteiger partial charge in [0.2, 0.25) is 0 Å². The second kappa shape index (κ2) is 9.07. The molecule has 7 nitrogen and oxygen atoms in total. The molecule has 1 aromatic heterocycles. The van der Waals surface area contributed by atoms with Gasteiger partial charge in [0.25, 0.3) is 11.5 Å². The second-order valence-electron chi connectivity index (χ2n) is 6.06. The van der Waals surface area contributed by atoms with Gasteiger partial charge in [-0.1, -0.05) is 41.9 Å². The fourth-order valence-electron chi connectivity index (χ4n) is 2.66. The number of phenolic OH excluding ortho intramolecular Hbond substituents is 1. The number of nitrogens with zero attached hydrogens (tertiary/aromatic N) is 2. The van der Waals surface area contributed by atoms with E-state index in [0.717, 1.165) is 5.56 Å². The zero-order valence-corrected chi connectivity index (χ0v) is 16.3. The molecule has 0 atom stereocenters. The van der Waals surface area contributed by atoms with Gasteiger partial charge < -0.3 is 14.4 Å². The van der Waals surface area contributed by atoms with Gasteiger partial charge in [0, 0.05) is 11.8 Å². The number of ether oxygens (including phenoxy) is 1. The summed E-state index contributed by atoms with van der Waals surface area (Å²) >= 11 is 6.05. The highest BCUT2D eigenvalue weighted by molar-refractivity contribution is 6.34. The van der Waals surface area contributed by atoms with Crippen molar-refractivity contribution in [1.29, 1.82) is 0 Å². The van der Waals surface area contributed by atoms with Crippen LogP contribution in [0.5, 0.6) is 11.5 Å². The molecule has 0 fully saturated rings. The van der Waals surface area contributed by atoms with Crippen molar-refractivity contribution >= 4 is 23.7 Å². The van der Waals surface area contributed by atoms with E-state index in [2.05, 4.69) is 10.5 Å². The van der Waals surface area contributed by atoms with Crippen LogP contribution in [0.4, 0.5) is 0 Å². The zero-order valence-electron chi connectivity index (χ0n) is 15.5. The van der Waals surface area contributed by atoms with Crippen LogP contribution in [0.3, 0.4) is 0 Å². The molecule has 1 heterocycles. The normalized spacial score (nSPS) is 10.8. The number of hydrogen-bond donors (Lipinski definition) is 2. The lowest BCUT2D eigenvalue weighted by atomic mass is 10.2. The van der Waals surface area contributed by atoms with E-state index in [1.165, 1.54) is 30.0 Å². The first-order chi connectivity index (χ1) is 14.0. The first-order valence-electron chi connectivity index (χ1n) is 8.63. The van der Waals surface area contributed by atoms with Crippen molar-refractivity contribution < 1.29 is 14.6 Å². The van der Waals surface area contributed by atoms with Crippen LogP contribution in [0.2, 0.25) is 5.02 Å². The number of hydrogen-bond acceptors (Lipinski definition) is 5. The Labute approximate surface area is 171 Å². The number of benzene rings is 2. The second-order valence-corrected chi connectivity index (χ2v) is 6.44. The number of aromatic nitrogens is 1. The molecule has 1 amide bonds. The first kappa shape index (κ1) is 20.2. The molecular weight excluding hydrogens is 394 g/mol. The standard InChI is InChI=1S/C21H18ClN3O4/c1-29-17-10-9-15(18(22)19(17)26)12-23-24-20(27)16-8-5-11-25(21(16)28)13-14-6-3-2-4-7-14/h2-12,26H,13H2,1H3,(H,24,27)/b23-12-. The summed E-state index contributed by atoms with van der Waals surface area (Å²) < 4.78 is 6.41. The van der Waals surface area contributed by atoms with Crippen molar-refractivity contribution in [3.05, 3.63) is 92.9 Å². The molecule has 0 aliphatic carbocycles. The van der Waals surface area contributed by atoms with E-state index in [9.17, 15) is 14.7 Å². The summed E-state index contributed by atoms with van der Waals surface area (Å²) in [4.78, 5) is 25.0. The average molecular weight is 412 g/mol. The highest BCUT2D eigenvalue weighted by Crippen LogP contribution is 2.35. The summed E-state index contributed by atoms with van der Waals surface area (Å²) in [5.74, 6) is -0.654. The van der Waals surface area contributed by atoms with Crippen LogP contribution in [0, 0.1) is 0 Å². The molecule has 0 aliphatic rings. The zero-order chi connectivity index (χ0) is 20.8. The van der Waals surface area contributed by atoms with Gasteiger partial charge in [0.1, 0.15) is 5.56 Å². The summed E-state index contributed by atoms with van der Waals surface area (Å²) in [5.41, 5.74) is 3.15. The van der Waals surface area contributed by atoms with Crippen molar-refractivity contribution in [1.82, 2.24) is 9.99 Å². The maximum absolute atomic E-state index is 12.6. The molecule has 0 spiro atoms. The highest BCUT2D eigenvalue weighted by atomic mass is 35.5. The third kappa shape index (κ3) is 4.64. The Bertz CT molecular complexity index is 1110. The number of carbonyl (C=O) groups is 1. The van der Waals surface area contributed by atoms with Crippen LogP contribution in [0.25, 0.3) is 0 Å². The molecular formula is C21H18ClN3O4. The molecule has 3 aromatic rings. The van der Waals surface area contributed by atoms with Crippen LogP contribution in [-0.4, -0.2) is 28.9 Å². The number of methoxy groups -OCH3 is 1. The lowest BCUT2D eigenvalue weighted by Gasteiger charge is -2.08. The number of phenols is 1. The molecule has 148 valence electrons. The number of halogens is 1. The minimum absolute atomic E-state index is 0.0345.